The molecule has 1 amide bonds. The highest BCUT2D eigenvalue weighted by Gasteiger charge is 2.19. The Morgan fingerprint density at radius 3 is 2.47 bits per heavy atom. The molecule has 1 aromatic carbocycles. The molecule has 0 fully saturated rings. The topological polar surface area (TPSA) is 95.4 Å². The molecule has 1 aromatic rings. The number of halogens is 2. The number of benzene rings is 1. The number of hydrogen-bond acceptors (Lipinski definition) is 4. The van der Waals surface area contributed by atoms with Gasteiger partial charge in [0.1, 0.15) is 0 Å². The zero-order valence-corrected chi connectivity index (χ0v) is 10.4. The van der Waals surface area contributed by atoms with Crippen LogP contribution in [0, 0.1) is 0 Å². The van der Waals surface area contributed by atoms with Crippen LogP contribution < -0.4 is 11.5 Å². The molecule has 92 valence electrons. The van der Waals surface area contributed by atoms with Gasteiger partial charge in [-0.25, -0.2) is 4.79 Å². The maximum Gasteiger partial charge on any atom is 0.341 e. The van der Waals surface area contributed by atoms with Crippen LogP contribution in [0.25, 0.3) is 0 Å². The van der Waals surface area contributed by atoms with Gasteiger partial charge in [0, 0.05) is 5.02 Å². The summed E-state index contributed by atoms with van der Waals surface area (Å²) in [5, 5.41) is 0.374. The van der Waals surface area contributed by atoms with Gasteiger partial charge in [0.15, 0.2) is 6.10 Å². The van der Waals surface area contributed by atoms with Crippen molar-refractivity contribution >= 4 is 40.8 Å². The highest BCUT2D eigenvalue weighted by molar-refractivity contribution is 6.37. The van der Waals surface area contributed by atoms with Gasteiger partial charge in [0.2, 0.25) is 0 Å². The molecule has 1 rings (SSSR count). The summed E-state index contributed by atoms with van der Waals surface area (Å²) in [5.74, 6) is -1.57. The Labute approximate surface area is 108 Å². The van der Waals surface area contributed by atoms with Crippen LogP contribution in [-0.2, 0) is 9.53 Å². The Hall–Kier alpha value is -1.46. The fourth-order valence-electron chi connectivity index (χ4n) is 1.04. The number of carbonyl (C=O) groups is 2. The van der Waals surface area contributed by atoms with E-state index in [1.54, 1.807) is 0 Å². The van der Waals surface area contributed by atoms with Crippen LogP contribution in [0.2, 0.25) is 10.0 Å². The van der Waals surface area contributed by atoms with Gasteiger partial charge in [-0.2, -0.15) is 0 Å². The molecule has 0 aliphatic rings. The minimum absolute atomic E-state index is 0.00407. The quantitative estimate of drug-likeness (QED) is 0.648. The van der Waals surface area contributed by atoms with Crippen molar-refractivity contribution in [3.8, 4) is 0 Å². The summed E-state index contributed by atoms with van der Waals surface area (Å²) >= 11 is 11.5. The fourth-order valence-corrected chi connectivity index (χ4v) is 1.53. The monoisotopic (exact) mass is 276 g/mol. The van der Waals surface area contributed by atoms with E-state index in [2.05, 4.69) is 0 Å². The Kier molecular flexibility index (Phi) is 4.20. The second kappa shape index (κ2) is 5.25. The molecule has 0 aliphatic carbocycles. The third-order valence-corrected chi connectivity index (χ3v) is 2.53. The zero-order valence-electron chi connectivity index (χ0n) is 8.87. The number of anilines is 1. The second-order valence-electron chi connectivity index (χ2n) is 3.30. The summed E-state index contributed by atoms with van der Waals surface area (Å²) in [4.78, 5) is 22.4. The van der Waals surface area contributed by atoms with Crippen LogP contribution >= 0.6 is 23.2 Å². The van der Waals surface area contributed by atoms with Crippen molar-refractivity contribution in [2.24, 2.45) is 5.73 Å². The number of nitrogen functional groups attached to an aromatic ring is 1. The van der Waals surface area contributed by atoms with Crippen molar-refractivity contribution in [3.05, 3.63) is 27.7 Å². The van der Waals surface area contributed by atoms with Crippen molar-refractivity contribution in [2.45, 2.75) is 13.0 Å². The highest BCUT2D eigenvalue weighted by Crippen LogP contribution is 2.28. The second-order valence-corrected chi connectivity index (χ2v) is 4.14. The maximum absolute atomic E-state index is 11.7. The molecule has 0 saturated carbocycles. The van der Waals surface area contributed by atoms with E-state index in [1.807, 2.05) is 0 Å². The largest absolute Gasteiger partial charge is 0.449 e. The minimum atomic E-state index is -1.06. The molecule has 0 bridgehead atoms. The maximum atomic E-state index is 11.7. The minimum Gasteiger partial charge on any atom is -0.449 e. The average molecular weight is 277 g/mol. The lowest BCUT2D eigenvalue weighted by Gasteiger charge is -2.11. The normalized spacial score (nSPS) is 11.9. The highest BCUT2D eigenvalue weighted by atomic mass is 35.5. The predicted molar refractivity (Wildman–Crippen MR) is 64.9 cm³/mol. The number of hydrogen-bond donors (Lipinski definition) is 2. The Morgan fingerprint density at radius 1 is 1.35 bits per heavy atom. The van der Waals surface area contributed by atoms with Crippen LogP contribution in [0.3, 0.4) is 0 Å². The summed E-state index contributed by atoms with van der Waals surface area (Å²) in [6.07, 6.45) is -1.06. The van der Waals surface area contributed by atoms with E-state index in [0.717, 1.165) is 0 Å². The van der Waals surface area contributed by atoms with Crippen molar-refractivity contribution in [1.82, 2.24) is 0 Å². The predicted octanol–water partition coefficient (Wildman–Crippen LogP) is 1.61. The van der Waals surface area contributed by atoms with E-state index in [1.165, 1.54) is 19.1 Å². The van der Waals surface area contributed by atoms with Crippen molar-refractivity contribution in [2.75, 3.05) is 5.73 Å². The summed E-state index contributed by atoms with van der Waals surface area (Å²) < 4.78 is 4.78. The van der Waals surface area contributed by atoms with Crippen molar-refractivity contribution < 1.29 is 14.3 Å². The molecule has 0 aromatic heterocycles. The van der Waals surface area contributed by atoms with Crippen LogP contribution in [0.4, 0.5) is 5.69 Å². The molecular formula is C10H10Cl2N2O3. The van der Waals surface area contributed by atoms with Crippen molar-refractivity contribution in [1.29, 1.82) is 0 Å². The molecule has 0 aliphatic heterocycles. The first-order chi connectivity index (χ1) is 7.82. The molecule has 5 nitrogen and oxygen atoms in total. The first-order valence-corrected chi connectivity index (χ1v) is 5.33. The third-order valence-electron chi connectivity index (χ3n) is 2.00. The summed E-state index contributed by atoms with van der Waals surface area (Å²) in [5.41, 5.74) is 10.6. The standard InChI is InChI=1S/C10H10Cl2N2O3/c1-4(9(14)15)17-10(16)6-2-5(11)3-7(12)8(6)13/h2-4H,13H2,1H3,(H2,14,15)/t4-/m1/s1. The molecule has 4 N–H and O–H groups in total. The van der Waals surface area contributed by atoms with Gasteiger partial charge >= 0.3 is 5.97 Å². The van der Waals surface area contributed by atoms with Gasteiger partial charge in [0.05, 0.1) is 16.3 Å². The number of rotatable bonds is 3. The molecular weight excluding hydrogens is 267 g/mol. The summed E-state index contributed by atoms with van der Waals surface area (Å²) in [6, 6.07) is 2.70. The SMILES string of the molecule is C[C@@H](OC(=O)c1cc(Cl)cc(Cl)c1N)C(N)=O. The smallest absolute Gasteiger partial charge is 0.341 e. The lowest BCUT2D eigenvalue weighted by molar-refractivity contribution is -0.125. The van der Waals surface area contributed by atoms with Gasteiger partial charge in [-0.1, -0.05) is 23.2 Å². The lowest BCUT2D eigenvalue weighted by Crippen LogP contribution is -2.30. The molecule has 0 heterocycles. The van der Waals surface area contributed by atoms with E-state index in [-0.39, 0.29) is 21.3 Å². The third kappa shape index (κ3) is 3.25. The molecule has 0 saturated heterocycles. The van der Waals surface area contributed by atoms with E-state index in [4.69, 9.17) is 39.4 Å². The number of ether oxygens (including phenoxy) is 1. The molecule has 0 radical (unpaired) electrons. The van der Waals surface area contributed by atoms with E-state index in [0.29, 0.717) is 0 Å². The summed E-state index contributed by atoms with van der Waals surface area (Å²) in [6.45, 7) is 1.35. The molecule has 7 heteroatoms. The number of amides is 1. The van der Waals surface area contributed by atoms with Gasteiger partial charge in [-0.05, 0) is 19.1 Å². The molecule has 1 atom stereocenters. The molecule has 17 heavy (non-hydrogen) atoms. The van der Waals surface area contributed by atoms with Crippen LogP contribution in [0.15, 0.2) is 12.1 Å². The first-order valence-electron chi connectivity index (χ1n) is 4.57. The number of esters is 1. The molecule has 0 spiro atoms. The number of primary amides is 1. The number of carbonyl (C=O) groups excluding carboxylic acids is 2. The Morgan fingerprint density at radius 2 is 1.94 bits per heavy atom. The average Bonchev–Trinajstić information content (AvgIpc) is 2.22. The van der Waals surface area contributed by atoms with Crippen LogP contribution in [0.1, 0.15) is 17.3 Å². The fraction of sp³-hybridized carbons (Fsp3) is 0.200. The van der Waals surface area contributed by atoms with Gasteiger partial charge in [0.25, 0.3) is 5.91 Å². The Balaban J connectivity index is 3.01. The zero-order chi connectivity index (χ0) is 13.2. The lowest BCUT2D eigenvalue weighted by atomic mass is 10.2. The Bertz CT molecular complexity index is 477. The molecule has 0 unspecified atom stereocenters. The van der Waals surface area contributed by atoms with Gasteiger partial charge in [-0.3, -0.25) is 4.79 Å². The van der Waals surface area contributed by atoms with E-state index >= 15 is 0 Å². The van der Waals surface area contributed by atoms with Gasteiger partial charge in [-0.15, -0.1) is 0 Å². The first kappa shape index (κ1) is 13.6. The summed E-state index contributed by atoms with van der Waals surface area (Å²) in [7, 11) is 0. The van der Waals surface area contributed by atoms with Gasteiger partial charge < -0.3 is 16.2 Å². The van der Waals surface area contributed by atoms with Crippen LogP contribution in [-0.4, -0.2) is 18.0 Å². The van der Waals surface area contributed by atoms with E-state index < -0.39 is 18.0 Å². The number of nitrogens with two attached hydrogens (primary N) is 2. The van der Waals surface area contributed by atoms with Crippen LogP contribution in [0.5, 0.6) is 0 Å². The van der Waals surface area contributed by atoms with E-state index in [9.17, 15) is 9.59 Å². The van der Waals surface area contributed by atoms with Crippen molar-refractivity contribution in [3.63, 3.8) is 0 Å².